The van der Waals surface area contributed by atoms with Gasteiger partial charge in [-0.2, -0.15) is 5.10 Å². The lowest BCUT2D eigenvalue weighted by Gasteiger charge is -2.09. The van der Waals surface area contributed by atoms with Crippen LogP contribution in [0.15, 0.2) is 6.33 Å². The molecule has 1 aromatic rings. The predicted octanol–water partition coefficient (Wildman–Crippen LogP) is 0.857. The van der Waals surface area contributed by atoms with Crippen LogP contribution in [-0.2, 0) is 13.0 Å². The second-order valence-electron chi connectivity index (χ2n) is 3.01. The minimum atomic E-state index is -2.73. The van der Waals surface area contributed by atoms with E-state index in [0.717, 1.165) is 6.42 Å². The van der Waals surface area contributed by atoms with Gasteiger partial charge in [0.15, 0.2) is 0 Å². The molecule has 0 saturated carbocycles. The summed E-state index contributed by atoms with van der Waals surface area (Å²) >= 11 is 0. The number of rotatable bonds is 5. The van der Waals surface area contributed by atoms with E-state index < -0.39 is 12.5 Å². The summed E-state index contributed by atoms with van der Waals surface area (Å²) in [4.78, 5) is 3.82. The number of aliphatic hydroxyl groups excluding tert-OH is 1. The molecule has 4 nitrogen and oxygen atoms in total. The highest BCUT2D eigenvalue weighted by Gasteiger charge is 2.19. The van der Waals surface area contributed by atoms with Gasteiger partial charge in [0, 0.05) is 13.0 Å². The first kappa shape index (κ1) is 11.0. The predicted molar refractivity (Wildman–Crippen MR) is 46.0 cm³/mol. The summed E-state index contributed by atoms with van der Waals surface area (Å²) in [6.45, 7) is 2.58. The molecule has 6 heteroatoms. The Morgan fingerprint density at radius 3 is 2.86 bits per heavy atom. The van der Waals surface area contributed by atoms with E-state index in [9.17, 15) is 8.78 Å². The van der Waals surface area contributed by atoms with Crippen LogP contribution in [0, 0.1) is 0 Å². The summed E-state index contributed by atoms with van der Waals surface area (Å²) in [7, 11) is 0. The molecule has 0 fully saturated rings. The molecule has 1 rings (SSSR count). The molecule has 0 aliphatic rings. The van der Waals surface area contributed by atoms with Gasteiger partial charge in [0.05, 0.1) is 0 Å². The van der Waals surface area contributed by atoms with Gasteiger partial charge >= 0.3 is 0 Å². The normalized spacial score (nSPS) is 13.5. The van der Waals surface area contributed by atoms with E-state index in [-0.39, 0.29) is 6.42 Å². The van der Waals surface area contributed by atoms with Crippen molar-refractivity contribution in [3.63, 3.8) is 0 Å². The van der Waals surface area contributed by atoms with Crippen LogP contribution in [0.25, 0.3) is 0 Å². The van der Waals surface area contributed by atoms with Crippen molar-refractivity contribution < 1.29 is 13.9 Å². The van der Waals surface area contributed by atoms with Crippen molar-refractivity contribution in [2.75, 3.05) is 0 Å². The number of nitrogens with zero attached hydrogens (tertiary/aromatic N) is 3. The van der Waals surface area contributed by atoms with Crippen LogP contribution in [0.5, 0.6) is 0 Å². The van der Waals surface area contributed by atoms with E-state index >= 15 is 0 Å². The molecule has 0 radical (unpaired) electrons. The van der Waals surface area contributed by atoms with Crippen LogP contribution in [0.1, 0.15) is 19.2 Å². The summed E-state index contributed by atoms with van der Waals surface area (Å²) in [6, 6.07) is 0. The highest BCUT2D eigenvalue weighted by Crippen LogP contribution is 2.07. The second kappa shape index (κ2) is 4.99. The van der Waals surface area contributed by atoms with Crippen LogP contribution in [0.2, 0.25) is 0 Å². The van der Waals surface area contributed by atoms with Crippen LogP contribution >= 0.6 is 0 Å². The highest BCUT2D eigenvalue weighted by atomic mass is 19.3. The maximum atomic E-state index is 12.0. The molecule has 1 N–H and O–H groups in total. The van der Waals surface area contributed by atoms with E-state index in [2.05, 4.69) is 10.1 Å². The van der Waals surface area contributed by atoms with Crippen LogP contribution in [0.3, 0.4) is 0 Å². The Kier molecular flexibility index (Phi) is 3.94. The molecule has 1 atom stereocenters. The Hall–Kier alpha value is -1.04. The van der Waals surface area contributed by atoms with Gasteiger partial charge in [-0.05, 0) is 6.42 Å². The molecule has 0 spiro atoms. The molecule has 0 saturated heterocycles. The van der Waals surface area contributed by atoms with Gasteiger partial charge in [-0.25, -0.2) is 13.8 Å². The van der Waals surface area contributed by atoms with Crippen molar-refractivity contribution in [2.45, 2.75) is 38.8 Å². The maximum absolute atomic E-state index is 12.0. The van der Waals surface area contributed by atoms with Gasteiger partial charge in [0.1, 0.15) is 18.3 Å². The Labute approximate surface area is 80.6 Å². The number of hydrogen-bond donors (Lipinski definition) is 1. The van der Waals surface area contributed by atoms with Crippen molar-refractivity contribution in [2.24, 2.45) is 0 Å². The third kappa shape index (κ3) is 2.73. The molecule has 1 aromatic heterocycles. The molecule has 1 unspecified atom stereocenters. The Morgan fingerprint density at radius 1 is 1.57 bits per heavy atom. The summed E-state index contributed by atoms with van der Waals surface area (Å²) in [5.41, 5.74) is 0. The average Bonchev–Trinajstić information content (AvgIpc) is 2.53. The number of aliphatic hydroxyl groups is 1. The standard InChI is InChI=1S/C8H13F2N3O/c1-2-3-13-7(11-5-12-13)4-6(14)8(9)10/h5-6,8,14H,2-4H2,1H3. The SMILES string of the molecule is CCCn1ncnc1CC(O)C(F)F. The number of halogens is 2. The molecule has 1 heterocycles. The van der Waals surface area contributed by atoms with Crippen molar-refractivity contribution in [1.82, 2.24) is 14.8 Å². The molecule has 0 bridgehead atoms. The van der Waals surface area contributed by atoms with Gasteiger partial charge in [-0.3, -0.25) is 4.68 Å². The lowest BCUT2D eigenvalue weighted by molar-refractivity contribution is -0.00525. The lowest BCUT2D eigenvalue weighted by atomic mass is 10.2. The van der Waals surface area contributed by atoms with Gasteiger partial charge in [-0.15, -0.1) is 0 Å². The Morgan fingerprint density at radius 2 is 2.29 bits per heavy atom. The van der Waals surface area contributed by atoms with E-state index in [4.69, 9.17) is 5.11 Å². The molecule has 0 aromatic carbocycles. The average molecular weight is 205 g/mol. The zero-order valence-electron chi connectivity index (χ0n) is 7.90. The zero-order chi connectivity index (χ0) is 10.6. The van der Waals surface area contributed by atoms with Crippen LogP contribution in [-0.4, -0.2) is 32.4 Å². The zero-order valence-corrected chi connectivity index (χ0v) is 7.90. The summed E-state index contributed by atoms with van der Waals surface area (Å²) in [5, 5.41) is 12.8. The molecular formula is C8H13F2N3O. The van der Waals surface area contributed by atoms with Gasteiger partial charge < -0.3 is 5.11 Å². The van der Waals surface area contributed by atoms with Crippen molar-refractivity contribution >= 4 is 0 Å². The van der Waals surface area contributed by atoms with Gasteiger partial charge in [-0.1, -0.05) is 6.92 Å². The molecule has 80 valence electrons. The lowest BCUT2D eigenvalue weighted by Crippen LogP contribution is -2.22. The van der Waals surface area contributed by atoms with E-state index in [0.29, 0.717) is 12.4 Å². The maximum Gasteiger partial charge on any atom is 0.264 e. The first-order chi connectivity index (χ1) is 6.65. The topological polar surface area (TPSA) is 50.9 Å². The quantitative estimate of drug-likeness (QED) is 0.775. The van der Waals surface area contributed by atoms with Gasteiger partial charge in [0.25, 0.3) is 6.43 Å². The Bertz CT molecular complexity index is 277. The first-order valence-electron chi connectivity index (χ1n) is 4.48. The fourth-order valence-electron chi connectivity index (χ4n) is 1.12. The number of alkyl halides is 2. The van der Waals surface area contributed by atoms with Crippen LogP contribution < -0.4 is 0 Å². The fraction of sp³-hybridized carbons (Fsp3) is 0.750. The molecule has 14 heavy (non-hydrogen) atoms. The van der Waals surface area contributed by atoms with Crippen molar-refractivity contribution in [3.05, 3.63) is 12.2 Å². The minimum absolute atomic E-state index is 0.155. The van der Waals surface area contributed by atoms with Crippen LogP contribution in [0.4, 0.5) is 8.78 Å². The fourth-order valence-corrected chi connectivity index (χ4v) is 1.12. The number of aromatic nitrogens is 3. The monoisotopic (exact) mass is 205 g/mol. The van der Waals surface area contributed by atoms with E-state index in [1.165, 1.54) is 11.0 Å². The first-order valence-corrected chi connectivity index (χ1v) is 4.48. The summed E-state index contributed by atoms with van der Waals surface area (Å²) in [5.74, 6) is 0.402. The molecular weight excluding hydrogens is 192 g/mol. The molecule has 0 amide bonds. The van der Waals surface area contributed by atoms with Gasteiger partial charge in [0.2, 0.25) is 0 Å². The second-order valence-corrected chi connectivity index (χ2v) is 3.01. The molecule has 0 aliphatic carbocycles. The highest BCUT2D eigenvalue weighted by molar-refractivity contribution is 4.88. The summed E-state index contributed by atoms with van der Waals surface area (Å²) in [6.07, 6.45) is -2.39. The third-order valence-corrected chi connectivity index (χ3v) is 1.81. The summed E-state index contributed by atoms with van der Waals surface area (Å²) < 4.78 is 25.6. The Balaban J connectivity index is 2.61. The number of aryl methyl sites for hydroxylation is 1. The van der Waals surface area contributed by atoms with Crippen molar-refractivity contribution in [3.8, 4) is 0 Å². The largest absolute Gasteiger partial charge is 0.387 e. The minimum Gasteiger partial charge on any atom is -0.387 e. The smallest absolute Gasteiger partial charge is 0.264 e. The third-order valence-electron chi connectivity index (χ3n) is 1.81. The van der Waals surface area contributed by atoms with E-state index in [1.807, 2.05) is 6.92 Å². The number of hydrogen-bond acceptors (Lipinski definition) is 3. The van der Waals surface area contributed by atoms with Crippen molar-refractivity contribution in [1.29, 1.82) is 0 Å². The van der Waals surface area contributed by atoms with E-state index in [1.54, 1.807) is 0 Å². The molecule has 0 aliphatic heterocycles.